The molecule has 2 aromatic carbocycles. The molecule has 1 N–H and O–H groups in total. The van der Waals surface area contributed by atoms with Crippen LogP contribution in [0.2, 0.25) is 0 Å². The molecule has 0 aliphatic carbocycles. The number of carbonyl (C=O) groups excluding carboxylic acids is 3. The SMILES string of the molecule is CCOC(=O)COc1cccc(NC(=O)C2CC(=O)N(c3cccc(Br)c3)C2)c1. The average Bonchev–Trinajstić information content (AvgIpc) is 3.09. The molecule has 0 radical (unpaired) electrons. The summed E-state index contributed by atoms with van der Waals surface area (Å²) >= 11 is 3.40. The van der Waals surface area contributed by atoms with Gasteiger partial charge in [-0.05, 0) is 37.3 Å². The fraction of sp³-hybridized carbons (Fsp3) is 0.286. The van der Waals surface area contributed by atoms with Crippen LogP contribution in [0, 0.1) is 5.92 Å². The molecule has 1 saturated heterocycles. The minimum Gasteiger partial charge on any atom is -0.482 e. The minimum atomic E-state index is -0.459. The zero-order valence-corrected chi connectivity index (χ0v) is 17.5. The van der Waals surface area contributed by atoms with Crippen LogP contribution in [0.15, 0.2) is 53.0 Å². The Bertz CT molecular complexity index is 917. The van der Waals surface area contributed by atoms with Gasteiger partial charge in [0.1, 0.15) is 5.75 Å². The Hall–Kier alpha value is -2.87. The Labute approximate surface area is 177 Å². The molecule has 1 aliphatic rings. The van der Waals surface area contributed by atoms with E-state index in [1.165, 1.54) is 0 Å². The lowest BCUT2D eigenvalue weighted by atomic mass is 10.1. The van der Waals surface area contributed by atoms with E-state index in [0.717, 1.165) is 10.2 Å². The molecule has 29 heavy (non-hydrogen) atoms. The zero-order chi connectivity index (χ0) is 20.8. The highest BCUT2D eigenvalue weighted by Gasteiger charge is 2.35. The van der Waals surface area contributed by atoms with Gasteiger partial charge >= 0.3 is 5.97 Å². The first-order valence-corrected chi connectivity index (χ1v) is 10.0. The standard InChI is InChI=1S/C21H21BrN2O5/c1-2-28-20(26)13-29-18-8-4-6-16(11-18)23-21(27)14-9-19(25)24(12-14)17-7-3-5-15(22)10-17/h3-8,10-11,14H,2,9,12-13H2,1H3,(H,23,27). The number of rotatable bonds is 7. The number of amides is 2. The van der Waals surface area contributed by atoms with Crippen LogP contribution >= 0.6 is 15.9 Å². The molecule has 0 saturated carbocycles. The van der Waals surface area contributed by atoms with Crippen LogP contribution in [0.4, 0.5) is 11.4 Å². The molecular weight excluding hydrogens is 440 g/mol. The normalized spacial score (nSPS) is 15.9. The molecule has 7 nitrogen and oxygen atoms in total. The highest BCUT2D eigenvalue weighted by atomic mass is 79.9. The lowest BCUT2D eigenvalue weighted by Gasteiger charge is -2.17. The molecule has 0 bridgehead atoms. The summed E-state index contributed by atoms with van der Waals surface area (Å²) < 4.78 is 11.1. The Morgan fingerprint density at radius 1 is 1.21 bits per heavy atom. The van der Waals surface area contributed by atoms with Crippen molar-refractivity contribution in [3.05, 3.63) is 53.0 Å². The van der Waals surface area contributed by atoms with Gasteiger partial charge in [-0.1, -0.05) is 28.1 Å². The van der Waals surface area contributed by atoms with E-state index < -0.39 is 11.9 Å². The van der Waals surface area contributed by atoms with Gasteiger partial charge < -0.3 is 19.7 Å². The second-order valence-corrected chi connectivity index (χ2v) is 7.41. The Kier molecular flexibility index (Phi) is 6.87. The molecule has 2 aromatic rings. The number of nitrogens with one attached hydrogen (secondary N) is 1. The number of anilines is 2. The molecule has 2 amide bonds. The van der Waals surface area contributed by atoms with Crippen LogP contribution in [-0.4, -0.2) is 37.5 Å². The van der Waals surface area contributed by atoms with Gasteiger partial charge in [0, 0.05) is 34.9 Å². The summed E-state index contributed by atoms with van der Waals surface area (Å²) in [6.07, 6.45) is 0.150. The maximum absolute atomic E-state index is 12.7. The fourth-order valence-electron chi connectivity index (χ4n) is 3.03. The number of halogens is 1. The summed E-state index contributed by atoms with van der Waals surface area (Å²) in [5, 5.41) is 2.82. The second kappa shape index (κ2) is 9.56. The molecule has 1 unspecified atom stereocenters. The van der Waals surface area contributed by atoms with E-state index in [4.69, 9.17) is 9.47 Å². The third-order valence-electron chi connectivity index (χ3n) is 4.38. The van der Waals surface area contributed by atoms with Crippen molar-refractivity contribution in [2.45, 2.75) is 13.3 Å². The average molecular weight is 461 g/mol. The fourth-order valence-corrected chi connectivity index (χ4v) is 3.42. The summed E-state index contributed by atoms with van der Waals surface area (Å²) in [4.78, 5) is 38.0. The van der Waals surface area contributed by atoms with Gasteiger partial charge in [0.15, 0.2) is 6.61 Å². The van der Waals surface area contributed by atoms with Gasteiger partial charge in [0.2, 0.25) is 11.8 Å². The first kappa shape index (κ1) is 20.9. The topological polar surface area (TPSA) is 84.9 Å². The van der Waals surface area contributed by atoms with Crippen molar-refractivity contribution in [3.8, 4) is 5.75 Å². The van der Waals surface area contributed by atoms with Gasteiger partial charge in [-0.3, -0.25) is 9.59 Å². The summed E-state index contributed by atoms with van der Waals surface area (Å²) in [5.74, 6) is -0.799. The van der Waals surface area contributed by atoms with Crippen molar-refractivity contribution in [2.75, 3.05) is 30.0 Å². The number of carbonyl (C=O) groups is 3. The van der Waals surface area contributed by atoms with Crippen molar-refractivity contribution in [3.63, 3.8) is 0 Å². The van der Waals surface area contributed by atoms with Crippen molar-refractivity contribution in [1.82, 2.24) is 0 Å². The number of benzene rings is 2. The van der Waals surface area contributed by atoms with Crippen LogP contribution in [0.25, 0.3) is 0 Å². The van der Waals surface area contributed by atoms with E-state index in [9.17, 15) is 14.4 Å². The zero-order valence-electron chi connectivity index (χ0n) is 15.9. The number of nitrogens with zero attached hydrogens (tertiary/aromatic N) is 1. The lowest BCUT2D eigenvalue weighted by molar-refractivity contribution is -0.145. The number of hydrogen-bond donors (Lipinski definition) is 1. The molecule has 8 heteroatoms. The maximum Gasteiger partial charge on any atom is 0.344 e. The molecule has 3 rings (SSSR count). The number of ether oxygens (including phenoxy) is 2. The van der Waals surface area contributed by atoms with Crippen molar-refractivity contribution in [1.29, 1.82) is 0 Å². The van der Waals surface area contributed by atoms with E-state index in [1.807, 2.05) is 24.3 Å². The molecule has 0 aromatic heterocycles. The highest BCUT2D eigenvalue weighted by molar-refractivity contribution is 9.10. The van der Waals surface area contributed by atoms with Crippen LogP contribution in [0.3, 0.4) is 0 Å². The van der Waals surface area contributed by atoms with Gasteiger partial charge in [-0.15, -0.1) is 0 Å². The van der Waals surface area contributed by atoms with E-state index in [1.54, 1.807) is 36.1 Å². The first-order chi connectivity index (χ1) is 14.0. The van der Waals surface area contributed by atoms with Crippen molar-refractivity contribution < 1.29 is 23.9 Å². The van der Waals surface area contributed by atoms with Crippen LogP contribution < -0.4 is 15.0 Å². The van der Waals surface area contributed by atoms with Gasteiger partial charge in [-0.2, -0.15) is 0 Å². The van der Waals surface area contributed by atoms with E-state index in [-0.39, 0.29) is 31.4 Å². The summed E-state index contributed by atoms with van der Waals surface area (Å²) in [5.41, 5.74) is 1.29. The van der Waals surface area contributed by atoms with Crippen molar-refractivity contribution >= 4 is 45.1 Å². The lowest BCUT2D eigenvalue weighted by Crippen LogP contribution is -2.28. The molecule has 152 valence electrons. The highest BCUT2D eigenvalue weighted by Crippen LogP contribution is 2.28. The van der Waals surface area contributed by atoms with Crippen LogP contribution in [0.1, 0.15) is 13.3 Å². The summed E-state index contributed by atoms with van der Waals surface area (Å²) in [6.45, 7) is 2.12. The Balaban J connectivity index is 1.60. The quantitative estimate of drug-likeness (QED) is 0.640. The Morgan fingerprint density at radius 3 is 2.76 bits per heavy atom. The van der Waals surface area contributed by atoms with Crippen LogP contribution in [-0.2, 0) is 19.1 Å². The smallest absolute Gasteiger partial charge is 0.344 e. The van der Waals surface area contributed by atoms with E-state index in [0.29, 0.717) is 18.0 Å². The third-order valence-corrected chi connectivity index (χ3v) is 4.87. The van der Waals surface area contributed by atoms with Gasteiger partial charge in [0.25, 0.3) is 0 Å². The predicted octanol–water partition coefficient (Wildman–Crippen LogP) is 3.38. The Morgan fingerprint density at radius 2 is 2.00 bits per heavy atom. The molecular formula is C21H21BrN2O5. The number of hydrogen-bond acceptors (Lipinski definition) is 5. The molecule has 1 fully saturated rings. The van der Waals surface area contributed by atoms with E-state index >= 15 is 0 Å². The molecule has 1 atom stereocenters. The van der Waals surface area contributed by atoms with Gasteiger partial charge in [-0.25, -0.2) is 4.79 Å². The monoisotopic (exact) mass is 460 g/mol. The number of esters is 1. The second-order valence-electron chi connectivity index (χ2n) is 6.50. The minimum absolute atomic E-state index is 0.0882. The summed E-state index contributed by atoms with van der Waals surface area (Å²) in [6, 6.07) is 14.2. The predicted molar refractivity (Wildman–Crippen MR) is 112 cm³/mol. The largest absolute Gasteiger partial charge is 0.482 e. The van der Waals surface area contributed by atoms with E-state index in [2.05, 4.69) is 21.2 Å². The molecule has 0 spiro atoms. The summed E-state index contributed by atoms with van der Waals surface area (Å²) in [7, 11) is 0. The molecule has 1 aliphatic heterocycles. The molecule has 1 heterocycles. The first-order valence-electron chi connectivity index (χ1n) is 9.21. The van der Waals surface area contributed by atoms with Crippen LogP contribution in [0.5, 0.6) is 5.75 Å². The van der Waals surface area contributed by atoms with Gasteiger partial charge in [0.05, 0.1) is 12.5 Å². The third kappa shape index (κ3) is 5.57. The van der Waals surface area contributed by atoms with Crippen molar-refractivity contribution in [2.24, 2.45) is 5.92 Å². The maximum atomic E-state index is 12.7.